The number of hydrogen-bond acceptors (Lipinski definition) is 3. The molecule has 3 rings (SSSR count). The second-order valence-corrected chi connectivity index (χ2v) is 7.57. The van der Waals surface area contributed by atoms with E-state index in [0.29, 0.717) is 21.1 Å². The second-order valence-electron chi connectivity index (χ2n) is 6.29. The first kappa shape index (κ1) is 19.1. The van der Waals surface area contributed by atoms with Gasteiger partial charge in [0, 0.05) is 41.1 Å². The lowest BCUT2D eigenvalue weighted by molar-refractivity contribution is 0.415. The maximum Gasteiger partial charge on any atom is 0.170 e. The molecule has 0 amide bonds. The first-order valence-electron chi connectivity index (χ1n) is 8.43. The van der Waals surface area contributed by atoms with E-state index in [9.17, 15) is 0 Å². The number of anilines is 2. The maximum atomic E-state index is 6.01. The van der Waals surface area contributed by atoms with Gasteiger partial charge in [0.15, 0.2) is 5.11 Å². The molecule has 0 bridgehead atoms. The first-order valence-corrected chi connectivity index (χ1v) is 9.60. The summed E-state index contributed by atoms with van der Waals surface area (Å²) < 4.78 is 5.22. The van der Waals surface area contributed by atoms with E-state index >= 15 is 0 Å². The minimum Gasteiger partial charge on any atom is -0.497 e. The van der Waals surface area contributed by atoms with Crippen molar-refractivity contribution in [2.45, 2.75) is 6.42 Å². The Kier molecular flexibility index (Phi) is 6.46. The number of benzene rings is 2. The van der Waals surface area contributed by atoms with Gasteiger partial charge in [0.1, 0.15) is 5.75 Å². The molecule has 2 aromatic carbocycles. The Morgan fingerprint density at radius 2 is 1.88 bits per heavy atom. The number of thiocarbonyl (C=S) groups is 1. The van der Waals surface area contributed by atoms with Crippen molar-refractivity contribution in [3.8, 4) is 5.75 Å². The summed E-state index contributed by atoms with van der Waals surface area (Å²) in [7, 11) is 1.68. The highest BCUT2D eigenvalue weighted by Gasteiger charge is 2.22. The van der Waals surface area contributed by atoms with Crippen molar-refractivity contribution in [3.05, 3.63) is 52.5 Å². The molecule has 0 aromatic heterocycles. The van der Waals surface area contributed by atoms with Crippen LogP contribution in [0.4, 0.5) is 11.4 Å². The Morgan fingerprint density at radius 1 is 1.19 bits per heavy atom. The van der Waals surface area contributed by atoms with Crippen molar-refractivity contribution in [2.75, 3.05) is 37.0 Å². The number of halogens is 2. The standard InChI is InChI=1S/C19H21Cl2N3OS/c1-25-18-4-2-17(3-5-18)24-7-6-13(12-24)11-22-19(26)23-16-9-14(20)8-15(21)10-16/h2-5,8-10,13H,6-7,11-12H2,1H3,(H2,22,23,26)/t13-/m1/s1. The van der Waals surface area contributed by atoms with Gasteiger partial charge in [-0.25, -0.2) is 0 Å². The van der Waals surface area contributed by atoms with Crippen LogP contribution >= 0.6 is 35.4 Å². The SMILES string of the molecule is COc1ccc(N2CC[C@H](CNC(=S)Nc3cc(Cl)cc(Cl)c3)C2)cc1. The van der Waals surface area contributed by atoms with Gasteiger partial charge in [0.2, 0.25) is 0 Å². The van der Waals surface area contributed by atoms with Gasteiger partial charge in [-0.05, 0) is 67.0 Å². The largest absolute Gasteiger partial charge is 0.497 e. The Bertz CT molecular complexity index is 750. The van der Waals surface area contributed by atoms with Gasteiger partial charge in [0.05, 0.1) is 7.11 Å². The summed E-state index contributed by atoms with van der Waals surface area (Å²) in [5.41, 5.74) is 2.01. The van der Waals surface area contributed by atoms with E-state index in [0.717, 1.165) is 37.5 Å². The van der Waals surface area contributed by atoms with E-state index < -0.39 is 0 Å². The molecule has 2 N–H and O–H groups in total. The monoisotopic (exact) mass is 409 g/mol. The molecule has 4 nitrogen and oxygen atoms in total. The summed E-state index contributed by atoms with van der Waals surface area (Å²) >= 11 is 17.4. The Hall–Kier alpha value is -1.69. The van der Waals surface area contributed by atoms with Crippen molar-refractivity contribution in [3.63, 3.8) is 0 Å². The minimum atomic E-state index is 0.541. The highest BCUT2D eigenvalue weighted by Crippen LogP contribution is 2.26. The van der Waals surface area contributed by atoms with Crippen LogP contribution < -0.4 is 20.3 Å². The molecule has 2 aromatic rings. The lowest BCUT2D eigenvalue weighted by Crippen LogP contribution is -2.34. The van der Waals surface area contributed by atoms with Crippen LogP contribution in [-0.2, 0) is 0 Å². The lowest BCUT2D eigenvalue weighted by Gasteiger charge is -2.19. The van der Waals surface area contributed by atoms with Gasteiger partial charge in [0.25, 0.3) is 0 Å². The highest BCUT2D eigenvalue weighted by atomic mass is 35.5. The van der Waals surface area contributed by atoms with E-state index in [1.165, 1.54) is 5.69 Å². The molecule has 0 aliphatic carbocycles. The zero-order chi connectivity index (χ0) is 18.5. The lowest BCUT2D eigenvalue weighted by atomic mass is 10.1. The quantitative estimate of drug-likeness (QED) is 0.692. The fourth-order valence-electron chi connectivity index (χ4n) is 3.07. The van der Waals surface area contributed by atoms with E-state index in [1.54, 1.807) is 25.3 Å². The smallest absolute Gasteiger partial charge is 0.170 e. The van der Waals surface area contributed by atoms with Crippen molar-refractivity contribution in [2.24, 2.45) is 5.92 Å². The number of methoxy groups -OCH3 is 1. The summed E-state index contributed by atoms with van der Waals surface area (Å²) in [5.74, 6) is 1.42. The predicted molar refractivity (Wildman–Crippen MR) is 114 cm³/mol. The predicted octanol–water partition coefficient (Wildman–Crippen LogP) is 4.81. The van der Waals surface area contributed by atoms with Crippen LogP contribution in [0.25, 0.3) is 0 Å². The summed E-state index contributed by atoms with van der Waals surface area (Å²) in [6.07, 6.45) is 1.13. The number of hydrogen-bond donors (Lipinski definition) is 2. The molecule has 1 atom stereocenters. The van der Waals surface area contributed by atoms with E-state index in [4.69, 9.17) is 40.2 Å². The van der Waals surface area contributed by atoms with Crippen LogP contribution in [0.1, 0.15) is 6.42 Å². The third-order valence-electron chi connectivity index (χ3n) is 4.40. The van der Waals surface area contributed by atoms with Gasteiger partial charge in [-0.2, -0.15) is 0 Å². The van der Waals surface area contributed by atoms with Crippen LogP contribution in [0, 0.1) is 5.92 Å². The molecule has 0 radical (unpaired) electrons. The molecule has 26 heavy (non-hydrogen) atoms. The summed E-state index contributed by atoms with van der Waals surface area (Å²) in [6, 6.07) is 13.5. The van der Waals surface area contributed by atoms with E-state index in [1.807, 2.05) is 12.1 Å². The third kappa shape index (κ3) is 5.16. The molecule has 0 unspecified atom stereocenters. The zero-order valence-corrected chi connectivity index (χ0v) is 16.8. The third-order valence-corrected chi connectivity index (χ3v) is 5.08. The van der Waals surface area contributed by atoms with Crippen LogP contribution in [0.3, 0.4) is 0 Å². The molecular formula is C19H21Cl2N3OS. The molecular weight excluding hydrogens is 389 g/mol. The van der Waals surface area contributed by atoms with Crippen molar-refractivity contribution in [1.82, 2.24) is 5.32 Å². The van der Waals surface area contributed by atoms with Gasteiger partial charge >= 0.3 is 0 Å². The van der Waals surface area contributed by atoms with Gasteiger partial charge < -0.3 is 20.3 Å². The van der Waals surface area contributed by atoms with Crippen molar-refractivity contribution >= 4 is 51.9 Å². The van der Waals surface area contributed by atoms with Crippen LogP contribution in [-0.4, -0.2) is 31.9 Å². The van der Waals surface area contributed by atoms with Crippen molar-refractivity contribution < 1.29 is 4.74 Å². The van der Waals surface area contributed by atoms with E-state index in [2.05, 4.69) is 27.7 Å². The molecule has 1 heterocycles. The molecule has 0 spiro atoms. The molecule has 1 saturated heterocycles. The molecule has 1 aliphatic rings. The summed E-state index contributed by atoms with van der Waals surface area (Å²) in [4.78, 5) is 2.39. The van der Waals surface area contributed by atoms with Crippen molar-refractivity contribution in [1.29, 1.82) is 0 Å². The number of ether oxygens (including phenoxy) is 1. The van der Waals surface area contributed by atoms with Crippen LogP contribution in [0.5, 0.6) is 5.75 Å². The molecule has 138 valence electrons. The molecule has 0 saturated carbocycles. The minimum absolute atomic E-state index is 0.541. The molecule has 1 aliphatic heterocycles. The zero-order valence-electron chi connectivity index (χ0n) is 14.5. The fourth-order valence-corrected chi connectivity index (χ4v) is 3.79. The summed E-state index contributed by atoms with van der Waals surface area (Å²) in [5, 5.41) is 8.15. The maximum absolute atomic E-state index is 6.01. The van der Waals surface area contributed by atoms with Crippen LogP contribution in [0.2, 0.25) is 10.0 Å². The molecule has 1 fully saturated rings. The van der Waals surface area contributed by atoms with Crippen LogP contribution in [0.15, 0.2) is 42.5 Å². The van der Waals surface area contributed by atoms with Gasteiger partial charge in [-0.15, -0.1) is 0 Å². The van der Waals surface area contributed by atoms with Gasteiger partial charge in [-0.3, -0.25) is 0 Å². The van der Waals surface area contributed by atoms with E-state index in [-0.39, 0.29) is 0 Å². The Morgan fingerprint density at radius 3 is 2.54 bits per heavy atom. The average Bonchev–Trinajstić information content (AvgIpc) is 3.08. The average molecular weight is 410 g/mol. The normalized spacial score (nSPS) is 16.4. The highest BCUT2D eigenvalue weighted by molar-refractivity contribution is 7.80. The molecule has 7 heteroatoms. The van der Waals surface area contributed by atoms with Gasteiger partial charge in [-0.1, -0.05) is 23.2 Å². The fraction of sp³-hybridized carbons (Fsp3) is 0.316. The number of nitrogens with zero attached hydrogens (tertiary/aromatic N) is 1. The second kappa shape index (κ2) is 8.80. The Balaban J connectivity index is 1.47. The number of nitrogens with one attached hydrogen (secondary N) is 2. The summed E-state index contributed by atoms with van der Waals surface area (Å²) in [6.45, 7) is 2.88. The first-order chi connectivity index (χ1) is 12.5. The Labute approximate surface area is 169 Å². The topological polar surface area (TPSA) is 36.5 Å². The number of rotatable bonds is 5.